The lowest BCUT2D eigenvalue weighted by Crippen LogP contribution is -2.25. The number of hydrogen-bond acceptors (Lipinski definition) is 5. The Kier molecular flexibility index (Phi) is 3.20. The number of ether oxygens (including phenoxy) is 1. The summed E-state index contributed by atoms with van der Waals surface area (Å²) in [5, 5.41) is 10.7. The van der Waals surface area contributed by atoms with E-state index in [-0.39, 0.29) is 41.0 Å². The average Bonchev–Trinajstić information content (AvgIpc) is 2.42. The number of ketones is 1. The second-order valence-corrected chi connectivity index (χ2v) is 5.39. The summed E-state index contributed by atoms with van der Waals surface area (Å²) >= 11 is 0. The van der Waals surface area contributed by atoms with E-state index in [4.69, 9.17) is 9.15 Å². The number of benzene rings is 1. The van der Waals surface area contributed by atoms with E-state index in [0.29, 0.717) is 17.4 Å². The molecule has 21 heavy (non-hydrogen) atoms. The molecular formula is C16H16O5. The maximum Gasteiger partial charge on any atom is 0.336 e. The van der Waals surface area contributed by atoms with Crippen molar-refractivity contribution in [2.45, 2.75) is 26.7 Å². The molecule has 0 amide bonds. The molecule has 1 aliphatic rings. The van der Waals surface area contributed by atoms with Gasteiger partial charge in [-0.1, -0.05) is 20.3 Å². The smallest absolute Gasteiger partial charge is 0.336 e. The van der Waals surface area contributed by atoms with Gasteiger partial charge in [0.2, 0.25) is 0 Å². The Morgan fingerprint density at radius 1 is 1.33 bits per heavy atom. The Balaban J connectivity index is 2.42. The highest BCUT2D eigenvalue weighted by Crippen LogP contribution is 2.40. The molecule has 5 nitrogen and oxygen atoms in total. The lowest BCUT2D eigenvalue weighted by Gasteiger charge is -2.22. The largest absolute Gasteiger partial charge is 0.507 e. The lowest BCUT2D eigenvalue weighted by atomic mass is 9.93. The van der Waals surface area contributed by atoms with Crippen molar-refractivity contribution in [3.8, 4) is 11.5 Å². The molecule has 0 spiro atoms. The zero-order valence-corrected chi connectivity index (χ0v) is 11.9. The van der Waals surface area contributed by atoms with Gasteiger partial charge in [-0.2, -0.15) is 0 Å². The summed E-state index contributed by atoms with van der Waals surface area (Å²) in [5.41, 5.74) is 0.564. The first kappa shape index (κ1) is 13.7. The number of phenolic OH excluding ortho intramolecular Hbond substituents is 1. The van der Waals surface area contributed by atoms with Gasteiger partial charge in [0, 0.05) is 12.1 Å². The third-order valence-electron chi connectivity index (χ3n) is 3.74. The van der Waals surface area contributed by atoms with Crippen LogP contribution < -0.4 is 10.4 Å². The SMILES string of the molecule is CCCc1cc(=O)oc2c3c(cc(O)c12)OCC(C)C3=O. The molecular weight excluding hydrogens is 272 g/mol. The van der Waals surface area contributed by atoms with Crippen molar-refractivity contribution in [1.82, 2.24) is 0 Å². The summed E-state index contributed by atoms with van der Waals surface area (Å²) < 4.78 is 10.7. The molecule has 1 N–H and O–H groups in total. The van der Waals surface area contributed by atoms with Crippen molar-refractivity contribution >= 4 is 16.8 Å². The quantitative estimate of drug-likeness (QED) is 0.860. The fourth-order valence-electron chi connectivity index (χ4n) is 2.73. The third kappa shape index (κ3) is 2.09. The van der Waals surface area contributed by atoms with Gasteiger partial charge < -0.3 is 14.3 Å². The number of hydrogen-bond donors (Lipinski definition) is 1. The van der Waals surface area contributed by atoms with E-state index in [1.807, 2.05) is 6.92 Å². The van der Waals surface area contributed by atoms with Crippen molar-refractivity contribution in [2.75, 3.05) is 6.61 Å². The van der Waals surface area contributed by atoms with Gasteiger partial charge in [0.25, 0.3) is 0 Å². The van der Waals surface area contributed by atoms with Crippen LogP contribution in [0.25, 0.3) is 11.0 Å². The van der Waals surface area contributed by atoms with E-state index < -0.39 is 5.63 Å². The van der Waals surface area contributed by atoms with Gasteiger partial charge in [-0.15, -0.1) is 0 Å². The van der Waals surface area contributed by atoms with Crippen LogP contribution in [-0.2, 0) is 6.42 Å². The number of Topliss-reactive ketones (excluding diaryl/α,β-unsaturated/α-hetero) is 1. The first-order valence-electron chi connectivity index (χ1n) is 7.02. The van der Waals surface area contributed by atoms with Gasteiger partial charge in [0.05, 0.1) is 17.9 Å². The van der Waals surface area contributed by atoms with Crippen LogP contribution in [0.2, 0.25) is 0 Å². The minimum Gasteiger partial charge on any atom is -0.507 e. The molecule has 2 aromatic rings. The monoisotopic (exact) mass is 288 g/mol. The number of carbonyl (C=O) groups is 1. The minimum atomic E-state index is -0.523. The molecule has 1 aromatic heterocycles. The van der Waals surface area contributed by atoms with Gasteiger partial charge in [-0.3, -0.25) is 4.79 Å². The third-order valence-corrected chi connectivity index (χ3v) is 3.74. The molecule has 3 rings (SSSR count). The first-order valence-corrected chi connectivity index (χ1v) is 7.02. The number of aromatic hydroxyl groups is 1. The lowest BCUT2D eigenvalue weighted by molar-refractivity contribution is 0.0849. The molecule has 110 valence electrons. The molecule has 0 radical (unpaired) electrons. The minimum absolute atomic E-state index is 0.0293. The topological polar surface area (TPSA) is 76.7 Å². The van der Waals surface area contributed by atoms with Crippen molar-refractivity contribution in [3.05, 3.63) is 33.7 Å². The molecule has 2 heterocycles. The van der Waals surface area contributed by atoms with Crippen LogP contribution in [0.4, 0.5) is 0 Å². The molecule has 0 aliphatic carbocycles. The second-order valence-electron chi connectivity index (χ2n) is 5.39. The van der Waals surface area contributed by atoms with Crippen molar-refractivity contribution in [1.29, 1.82) is 0 Å². The van der Waals surface area contributed by atoms with Gasteiger partial charge in [-0.25, -0.2) is 4.79 Å². The summed E-state index contributed by atoms with van der Waals surface area (Å²) in [6.07, 6.45) is 1.44. The second kappa shape index (κ2) is 4.91. The van der Waals surface area contributed by atoms with Gasteiger partial charge in [0.1, 0.15) is 17.1 Å². The van der Waals surface area contributed by atoms with E-state index in [1.54, 1.807) is 6.92 Å². The maximum absolute atomic E-state index is 12.4. The highest BCUT2D eigenvalue weighted by atomic mass is 16.5. The molecule has 1 aliphatic heterocycles. The Morgan fingerprint density at radius 3 is 2.81 bits per heavy atom. The highest BCUT2D eigenvalue weighted by molar-refractivity contribution is 6.11. The first-order chi connectivity index (χ1) is 10.0. The number of aryl methyl sites for hydroxylation is 1. The summed E-state index contributed by atoms with van der Waals surface area (Å²) in [7, 11) is 0. The van der Waals surface area contributed by atoms with Crippen LogP contribution in [0, 0.1) is 5.92 Å². The molecule has 1 aromatic carbocycles. The summed E-state index contributed by atoms with van der Waals surface area (Å²) in [6.45, 7) is 4.00. The zero-order chi connectivity index (χ0) is 15.1. The summed E-state index contributed by atoms with van der Waals surface area (Å²) in [4.78, 5) is 24.2. The number of carbonyl (C=O) groups excluding carboxylic acids is 1. The molecule has 1 atom stereocenters. The van der Waals surface area contributed by atoms with Crippen LogP contribution in [0.15, 0.2) is 21.3 Å². The van der Waals surface area contributed by atoms with E-state index in [1.165, 1.54) is 12.1 Å². The molecule has 0 saturated heterocycles. The number of phenols is 1. The van der Waals surface area contributed by atoms with Crippen LogP contribution >= 0.6 is 0 Å². The van der Waals surface area contributed by atoms with E-state index >= 15 is 0 Å². The molecule has 0 fully saturated rings. The van der Waals surface area contributed by atoms with Crippen LogP contribution in [0.5, 0.6) is 11.5 Å². The predicted molar refractivity (Wildman–Crippen MR) is 77.1 cm³/mol. The Hall–Kier alpha value is -2.30. The van der Waals surface area contributed by atoms with Gasteiger partial charge in [-0.05, 0) is 12.0 Å². The molecule has 1 unspecified atom stereocenters. The average molecular weight is 288 g/mol. The van der Waals surface area contributed by atoms with Gasteiger partial charge >= 0.3 is 5.63 Å². The van der Waals surface area contributed by atoms with Gasteiger partial charge in [0.15, 0.2) is 11.4 Å². The summed E-state index contributed by atoms with van der Waals surface area (Å²) in [5.74, 6) is -0.179. The van der Waals surface area contributed by atoms with E-state index in [0.717, 1.165) is 6.42 Å². The van der Waals surface area contributed by atoms with Crippen molar-refractivity contribution < 1.29 is 19.1 Å². The standard InChI is InChI=1S/C16H16O5/c1-3-4-9-5-12(18)21-16-13(9)10(17)6-11-14(16)15(19)8(2)7-20-11/h5-6,8,17H,3-4,7H2,1-2H3. The zero-order valence-electron chi connectivity index (χ0n) is 11.9. The van der Waals surface area contributed by atoms with Crippen LogP contribution in [-0.4, -0.2) is 17.5 Å². The number of fused-ring (bicyclic) bond motifs is 3. The van der Waals surface area contributed by atoms with E-state index in [9.17, 15) is 14.7 Å². The van der Waals surface area contributed by atoms with Crippen LogP contribution in [0.1, 0.15) is 36.2 Å². The molecule has 0 bridgehead atoms. The normalized spacial score (nSPS) is 17.6. The van der Waals surface area contributed by atoms with Crippen molar-refractivity contribution in [3.63, 3.8) is 0 Å². The van der Waals surface area contributed by atoms with E-state index in [2.05, 4.69) is 0 Å². The molecule has 0 saturated carbocycles. The predicted octanol–water partition coefficient (Wildman–Crippen LogP) is 2.66. The maximum atomic E-state index is 12.4. The Labute approximate surface area is 121 Å². The fraction of sp³-hybridized carbons (Fsp3) is 0.375. The molecule has 5 heteroatoms. The fourth-order valence-corrected chi connectivity index (χ4v) is 2.73. The number of rotatable bonds is 2. The Bertz CT molecular complexity index is 787. The Morgan fingerprint density at radius 2 is 2.10 bits per heavy atom. The van der Waals surface area contributed by atoms with Crippen molar-refractivity contribution in [2.24, 2.45) is 5.92 Å². The summed E-state index contributed by atoms with van der Waals surface area (Å²) in [6, 6.07) is 2.80. The highest BCUT2D eigenvalue weighted by Gasteiger charge is 2.31. The van der Waals surface area contributed by atoms with Crippen LogP contribution in [0.3, 0.4) is 0 Å².